The number of halogens is 1. The van der Waals surface area contributed by atoms with Crippen LogP contribution in [-0.4, -0.2) is 81.4 Å². The van der Waals surface area contributed by atoms with Gasteiger partial charge in [0.2, 0.25) is 0 Å². The maximum atomic E-state index is 15.3. The van der Waals surface area contributed by atoms with Crippen LogP contribution < -0.4 is 5.82 Å². The number of thioether (sulfide) groups is 1. The number of carboxylic acid groups (broad SMARTS) is 1. The van der Waals surface area contributed by atoms with E-state index in [9.17, 15) is 19.5 Å². The van der Waals surface area contributed by atoms with E-state index in [1.807, 2.05) is 4.90 Å². The van der Waals surface area contributed by atoms with E-state index < -0.39 is 35.2 Å². The quantitative estimate of drug-likeness (QED) is 0.651. The van der Waals surface area contributed by atoms with Gasteiger partial charge in [0.25, 0.3) is 0 Å². The van der Waals surface area contributed by atoms with Gasteiger partial charge in [0.05, 0.1) is 11.6 Å². The topological polar surface area (TPSA) is 107 Å². The zero-order valence-corrected chi connectivity index (χ0v) is 18.6. The van der Waals surface area contributed by atoms with Crippen molar-refractivity contribution in [2.24, 2.45) is 11.8 Å². The Morgan fingerprint density at radius 3 is 2.50 bits per heavy atom. The largest absolute Gasteiger partial charge is 0.519 e. The van der Waals surface area contributed by atoms with E-state index in [1.54, 1.807) is 6.92 Å². The third-order valence-corrected chi connectivity index (χ3v) is 8.55. The summed E-state index contributed by atoms with van der Waals surface area (Å²) in [5, 5.41) is 9.88. The molecule has 174 valence electrons. The number of aryl methyl sites for hydroxylation is 1. The fourth-order valence-corrected chi connectivity index (χ4v) is 6.92. The Kier molecular flexibility index (Phi) is 5.45. The number of rotatable bonds is 4. The summed E-state index contributed by atoms with van der Waals surface area (Å²) in [5.41, 5.74) is 0. The first kappa shape index (κ1) is 21.7. The van der Waals surface area contributed by atoms with Gasteiger partial charge in [-0.15, -0.1) is 0 Å². The molecule has 0 bridgehead atoms. The van der Waals surface area contributed by atoms with Gasteiger partial charge in [0.15, 0.2) is 11.5 Å². The highest BCUT2D eigenvalue weighted by atomic mass is 32.2. The molecule has 4 aliphatic rings. The second-order valence-electron chi connectivity index (χ2n) is 9.00. The monoisotopic (exact) mass is 467 g/mol. The lowest BCUT2D eigenvalue weighted by Gasteiger charge is -2.59. The number of fused-ring (bicyclic) bond motifs is 3. The first-order chi connectivity index (χ1) is 15.2. The Morgan fingerprint density at radius 1 is 1.19 bits per heavy atom. The molecule has 0 aromatic carbocycles. The summed E-state index contributed by atoms with van der Waals surface area (Å²) in [6.07, 6.45) is -0.650. The Bertz CT molecular complexity index is 1000. The fourth-order valence-electron chi connectivity index (χ4n) is 5.65. The van der Waals surface area contributed by atoms with E-state index in [2.05, 4.69) is 16.4 Å². The first-order valence-corrected chi connectivity index (χ1v) is 11.7. The van der Waals surface area contributed by atoms with Gasteiger partial charge in [-0.2, -0.15) is 0 Å². The molecular weight excluding hydrogens is 441 g/mol. The van der Waals surface area contributed by atoms with Crippen LogP contribution in [0.4, 0.5) is 4.39 Å². The van der Waals surface area contributed by atoms with E-state index in [0.29, 0.717) is 50.7 Å². The third kappa shape index (κ3) is 3.50. The van der Waals surface area contributed by atoms with E-state index in [-0.39, 0.29) is 24.3 Å². The molecule has 32 heavy (non-hydrogen) atoms. The molecule has 0 spiro atoms. The zero-order valence-electron chi connectivity index (χ0n) is 17.7. The van der Waals surface area contributed by atoms with E-state index in [0.717, 1.165) is 5.03 Å². The maximum absolute atomic E-state index is 15.3. The van der Waals surface area contributed by atoms with Crippen LogP contribution in [0.1, 0.15) is 24.4 Å². The molecule has 0 radical (unpaired) electrons. The molecule has 1 aromatic heterocycles. The summed E-state index contributed by atoms with van der Waals surface area (Å²) in [6.45, 7) is 8.88. The number of carbonyl (C=O) groups excluding carboxylic acids is 1. The van der Waals surface area contributed by atoms with Crippen molar-refractivity contribution >= 4 is 23.5 Å². The van der Waals surface area contributed by atoms with Gasteiger partial charge < -0.3 is 18.8 Å². The number of Topliss-reactive ketones (excluding diaryl/α,β-unsaturated/α-hetero) is 1. The molecule has 6 atom stereocenters. The van der Waals surface area contributed by atoms with Gasteiger partial charge in [-0.25, -0.2) is 9.18 Å². The van der Waals surface area contributed by atoms with E-state index in [1.165, 1.54) is 11.8 Å². The SMILES string of the molecule is C=C1SC2C(C(=O)O)C(=O)C3CC(F)C(N4CCN(Cc5oc(=O)oc5C)CC4)CC3N12. The van der Waals surface area contributed by atoms with Crippen LogP contribution in [0.25, 0.3) is 0 Å². The van der Waals surface area contributed by atoms with Gasteiger partial charge in [-0.1, -0.05) is 18.3 Å². The summed E-state index contributed by atoms with van der Waals surface area (Å²) >= 11 is 1.33. The van der Waals surface area contributed by atoms with E-state index in [4.69, 9.17) is 8.83 Å². The number of hydrogen-bond donors (Lipinski definition) is 1. The molecule has 1 N–H and O–H groups in total. The Morgan fingerprint density at radius 2 is 1.91 bits per heavy atom. The Balaban J connectivity index is 1.25. The van der Waals surface area contributed by atoms with Crippen LogP contribution >= 0.6 is 11.8 Å². The minimum absolute atomic E-state index is 0.0543. The van der Waals surface area contributed by atoms with Crippen molar-refractivity contribution in [1.29, 1.82) is 0 Å². The lowest BCUT2D eigenvalue weighted by atomic mass is 9.71. The molecule has 0 amide bonds. The average molecular weight is 468 g/mol. The molecule has 1 saturated carbocycles. The molecule has 9 nitrogen and oxygen atoms in total. The number of nitrogens with zero attached hydrogens (tertiary/aromatic N) is 3. The van der Waals surface area contributed by atoms with Crippen molar-refractivity contribution in [2.75, 3.05) is 26.2 Å². The van der Waals surface area contributed by atoms with Crippen molar-refractivity contribution in [3.05, 3.63) is 33.7 Å². The molecule has 3 saturated heterocycles. The molecular formula is C21H26FN3O6S. The second kappa shape index (κ2) is 8.03. The van der Waals surface area contributed by atoms with Gasteiger partial charge in [-0.05, 0) is 19.8 Å². The molecule has 11 heteroatoms. The summed E-state index contributed by atoms with van der Waals surface area (Å²) < 4.78 is 25.3. The van der Waals surface area contributed by atoms with E-state index >= 15 is 4.39 Å². The molecule has 5 rings (SSSR count). The zero-order chi connectivity index (χ0) is 22.7. The van der Waals surface area contributed by atoms with Crippen LogP contribution in [0, 0.1) is 18.8 Å². The number of carbonyl (C=O) groups is 2. The van der Waals surface area contributed by atoms with Gasteiger partial charge in [-0.3, -0.25) is 19.4 Å². The molecule has 1 aliphatic carbocycles. The average Bonchev–Trinajstić information content (AvgIpc) is 3.05. The van der Waals surface area contributed by atoms with Crippen LogP contribution in [0.5, 0.6) is 0 Å². The minimum atomic E-state index is -1.19. The highest BCUT2D eigenvalue weighted by Gasteiger charge is 2.60. The molecule has 1 aromatic rings. The summed E-state index contributed by atoms with van der Waals surface area (Å²) in [7, 11) is 0. The highest BCUT2D eigenvalue weighted by Crippen LogP contribution is 2.54. The number of alkyl halides is 1. The van der Waals surface area contributed by atoms with Crippen molar-refractivity contribution in [1.82, 2.24) is 14.7 Å². The predicted octanol–water partition coefficient (Wildman–Crippen LogP) is 1.27. The Hall–Kier alpha value is -2.11. The summed E-state index contributed by atoms with van der Waals surface area (Å²) in [6, 6.07) is -0.519. The van der Waals surface area contributed by atoms with Crippen molar-refractivity contribution in [2.45, 2.75) is 49.9 Å². The first-order valence-electron chi connectivity index (χ1n) is 10.8. The minimum Gasteiger partial charge on any atom is -0.481 e. The number of piperazine rings is 1. The van der Waals surface area contributed by atoms with Gasteiger partial charge in [0, 0.05) is 44.2 Å². The van der Waals surface area contributed by atoms with Crippen LogP contribution in [0.2, 0.25) is 0 Å². The molecule has 4 heterocycles. The normalized spacial score (nSPS) is 35.9. The number of piperidine rings is 1. The number of ketones is 1. The maximum Gasteiger partial charge on any atom is 0.519 e. The number of aliphatic carboxylic acids is 1. The fraction of sp³-hybridized carbons (Fsp3) is 0.667. The summed E-state index contributed by atoms with van der Waals surface area (Å²) in [4.78, 5) is 42.1. The lowest BCUT2D eigenvalue weighted by Crippen LogP contribution is -2.68. The van der Waals surface area contributed by atoms with Crippen molar-refractivity contribution < 1.29 is 27.9 Å². The summed E-state index contributed by atoms with van der Waals surface area (Å²) in [5.74, 6) is -2.92. The lowest BCUT2D eigenvalue weighted by molar-refractivity contribution is -0.157. The Labute approximate surface area is 188 Å². The second-order valence-corrected chi connectivity index (χ2v) is 10.2. The number of hydrogen-bond acceptors (Lipinski definition) is 9. The third-order valence-electron chi connectivity index (χ3n) is 7.32. The van der Waals surface area contributed by atoms with Gasteiger partial charge >= 0.3 is 11.8 Å². The van der Waals surface area contributed by atoms with Crippen LogP contribution in [-0.2, 0) is 16.1 Å². The van der Waals surface area contributed by atoms with Crippen molar-refractivity contribution in [3.63, 3.8) is 0 Å². The number of carboxylic acids is 1. The molecule has 6 unspecified atom stereocenters. The standard InChI is InChI=1S/C21H26FN3O6S/c1-10-16(31-21(29)30-10)9-23-3-5-24(6-4-23)15-8-14-12(7-13(15)22)18(26)17(20(27)28)19-25(14)11(2)32-19/h12-15,17,19H,2-9H2,1H3,(H,27,28). The predicted molar refractivity (Wildman–Crippen MR) is 113 cm³/mol. The molecule has 4 fully saturated rings. The van der Waals surface area contributed by atoms with Crippen LogP contribution in [0.3, 0.4) is 0 Å². The van der Waals surface area contributed by atoms with Crippen molar-refractivity contribution in [3.8, 4) is 0 Å². The smallest absolute Gasteiger partial charge is 0.481 e. The highest BCUT2D eigenvalue weighted by molar-refractivity contribution is 8.05. The van der Waals surface area contributed by atoms with Crippen LogP contribution in [0.15, 0.2) is 25.2 Å². The van der Waals surface area contributed by atoms with Gasteiger partial charge in [0.1, 0.15) is 23.2 Å². The molecule has 3 aliphatic heterocycles.